The van der Waals surface area contributed by atoms with E-state index in [1.165, 1.54) is 0 Å². The van der Waals surface area contributed by atoms with Gasteiger partial charge in [0.05, 0.1) is 19.3 Å². The van der Waals surface area contributed by atoms with Crippen LogP contribution in [0.3, 0.4) is 0 Å². The predicted octanol–water partition coefficient (Wildman–Crippen LogP) is 2.91. The molecule has 0 saturated carbocycles. The summed E-state index contributed by atoms with van der Waals surface area (Å²) in [6, 6.07) is 19.7. The number of aliphatic hydroxyl groups excluding tert-OH is 1. The molecule has 1 heterocycles. The maximum Gasteiger partial charge on any atom is 0.184 e. The highest BCUT2D eigenvalue weighted by Crippen LogP contribution is 2.28. The number of methoxy groups -OCH3 is 1. The van der Waals surface area contributed by atoms with Crippen LogP contribution < -0.4 is 0 Å². The van der Waals surface area contributed by atoms with Crippen molar-refractivity contribution in [2.75, 3.05) is 7.11 Å². The first-order chi connectivity index (χ1) is 12.7. The molecule has 1 aliphatic heterocycles. The number of hydrogen-bond donors (Lipinski definition) is 1. The Balaban J connectivity index is 1.71. The average molecular weight is 358 g/mol. The molecule has 5 atom stereocenters. The Labute approximate surface area is 154 Å². The van der Waals surface area contributed by atoms with Gasteiger partial charge in [-0.2, -0.15) is 0 Å². The Hall–Kier alpha value is -1.76. The lowest BCUT2D eigenvalue weighted by Crippen LogP contribution is -2.59. The van der Waals surface area contributed by atoms with E-state index < -0.39 is 18.5 Å². The monoisotopic (exact) mass is 358 g/mol. The second-order valence-corrected chi connectivity index (χ2v) is 6.45. The van der Waals surface area contributed by atoms with Crippen molar-refractivity contribution in [1.29, 1.82) is 0 Å². The van der Waals surface area contributed by atoms with Crippen molar-refractivity contribution in [2.24, 2.45) is 0 Å². The van der Waals surface area contributed by atoms with Crippen molar-refractivity contribution in [1.82, 2.24) is 0 Å². The summed E-state index contributed by atoms with van der Waals surface area (Å²) < 4.78 is 23.3. The van der Waals surface area contributed by atoms with E-state index in [0.717, 1.165) is 11.1 Å². The lowest BCUT2D eigenvalue weighted by molar-refractivity contribution is -0.303. The first kappa shape index (κ1) is 19.0. The minimum Gasteiger partial charge on any atom is -0.376 e. The van der Waals surface area contributed by atoms with Gasteiger partial charge in [0, 0.05) is 7.11 Å². The van der Waals surface area contributed by atoms with Gasteiger partial charge in [0.2, 0.25) is 0 Å². The standard InChI is InChI=1S/C21H26O5/c1-15-18(23-2)19(24-13-16-9-5-3-6-10-16)20(21(22)26-15)25-14-17-11-7-4-8-12-17/h3-12,15,18-22H,13-14H2,1-2H3. The normalized spacial score (nSPS) is 28.8. The predicted molar refractivity (Wildman–Crippen MR) is 97.4 cm³/mol. The van der Waals surface area contributed by atoms with E-state index in [-0.39, 0.29) is 12.2 Å². The first-order valence-corrected chi connectivity index (χ1v) is 8.86. The van der Waals surface area contributed by atoms with Gasteiger partial charge in [-0.15, -0.1) is 0 Å². The molecule has 2 aromatic carbocycles. The van der Waals surface area contributed by atoms with Gasteiger partial charge in [0.1, 0.15) is 18.3 Å². The van der Waals surface area contributed by atoms with Crippen LogP contribution in [0.5, 0.6) is 0 Å². The zero-order valence-electron chi connectivity index (χ0n) is 15.2. The third-order valence-corrected chi connectivity index (χ3v) is 4.59. The Bertz CT molecular complexity index is 648. The van der Waals surface area contributed by atoms with Gasteiger partial charge < -0.3 is 24.1 Å². The molecule has 0 aromatic heterocycles. The van der Waals surface area contributed by atoms with Crippen LogP contribution in [0.4, 0.5) is 0 Å². The summed E-state index contributed by atoms with van der Waals surface area (Å²) in [4.78, 5) is 0. The number of aliphatic hydroxyl groups is 1. The highest BCUT2D eigenvalue weighted by molar-refractivity contribution is 5.14. The van der Waals surface area contributed by atoms with Crippen LogP contribution in [0.25, 0.3) is 0 Å². The summed E-state index contributed by atoms with van der Waals surface area (Å²) in [6.07, 6.45) is -2.78. The minimum atomic E-state index is -1.07. The van der Waals surface area contributed by atoms with Crippen molar-refractivity contribution in [3.63, 3.8) is 0 Å². The fourth-order valence-electron chi connectivity index (χ4n) is 3.22. The van der Waals surface area contributed by atoms with E-state index in [9.17, 15) is 5.11 Å². The van der Waals surface area contributed by atoms with E-state index in [0.29, 0.717) is 13.2 Å². The van der Waals surface area contributed by atoms with E-state index in [1.54, 1.807) is 7.11 Å². The van der Waals surface area contributed by atoms with Crippen molar-refractivity contribution >= 4 is 0 Å². The quantitative estimate of drug-likeness (QED) is 0.825. The highest BCUT2D eigenvalue weighted by Gasteiger charge is 2.45. The zero-order valence-corrected chi connectivity index (χ0v) is 15.2. The topological polar surface area (TPSA) is 57.2 Å². The van der Waals surface area contributed by atoms with E-state index in [2.05, 4.69) is 0 Å². The summed E-state index contributed by atoms with van der Waals surface area (Å²) in [5, 5.41) is 10.4. The van der Waals surface area contributed by atoms with Crippen LogP contribution in [0.15, 0.2) is 60.7 Å². The smallest absolute Gasteiger partial charge is 0.184 e. The molecule has 0 spiro atoms. The van der Waals surface area contributed by atoms with Crippen molar-refractivity contribution in [3.8, 4) is 0 Å². The number of rotatable bonds is 7. The van der Waals surface area contributed by atoms with Crippen LogP contribution >= 0.6 is 0 Å². The molecule has 5 heteroatoms. The maximum atomic E-state index is 10.4. The van der Waals surface area contributed by atoms with E-state index >= 15 is 0 Å². The highest BCUT2D eigenvalue weighted by atomic mass is 16.7. The van der Waals surface area contributed by atoms with Crippen LogP contribution in [0.1, 0.15) is 18.1 Å². The second kappa shape index (κ2) is 9.26. The minimum absolute atomic E-state index is 0.299. The number of ether oxygens (including phenoxy) is 4. The molecule has 26 heavy (non-hydrogen) atoms. The summed E-state index contributed by atoms with van der Waals surface area (Å²) >= 11 is 0. The van der Waals surface area contributed by atoms with Crippen molar-refractivity contribution in [3.05, 3.63) is 71.8 Å². The van der Waals surface area contributed by atoms with Crippen LogP contribution in [-0.2, 0) is 32.2 Å². The van der Waals surface area contributed by atoms with Gasteiger partial charge in [-0.1, -0.05) is 60.7 Å². The van der Waals surface area contributed by atoms with Crippen LogP contribution in [0, 0.1) is 0 Å². The summed E-state index contributed by atoms with van der Waals surface area (Å²) in [5.41, 5.74) is 2.08. The molecule has 140 valence electrons. The molecule has 1 N–H and O–H groups in total. The molecule has 3 rings (SSSR count). The third kappa shape index (κ3) is 4.69. The third-order valence-electron chi connectivity index (χ3n) is 4.59. The summed E-state index contributed by atoms with van der Waals surface area (Å²) in [7, 11) is 1.62. The van der Waals surface area contributed by atoms with Gasteiger partial charge >= 0.3 is 0 Å². The fraction of sp³-hybridized carbons (Fsp3) is 0.429. The Morgan fingerprint density at radius 1 is 0.808 bits per heavy atom. The molecule has 0 aliphatic carbocycles. The summed E-state index contributed by atoms with van der Waals surface area (Å²) in [5.74, 6) is 0. The lowest BCUT2D eigenvalue weighted by Gasteiger charge is -2.43. The Kier molecular flexibility index (Phi) is 6.77. The molecular weight excluding hydrogens is 332 g/mol. The number of benzene rings is 2. The molecule has 0 radical (unpaired) electrons. The maximum absolute atomic E-state index is 10.4. The number of hydrogen-bond acceptors (Lipinski definition) is 5. The Morgan fingerprint density at radius 2 is 1.31 bits per heavy atom. The molecule has 1 fully saturated rings. The van der Waals surface area contributed by atoms with Crippen LogP contribution in [0.2, 0.25) is 0 Å². The molecule has 1 saturated heterocycles. The van der Waals surface area contributed by atoms with Gasteiger partial charge in [-0.05, 0) is 18.1 Å². The zero-order chi connectivity index (χ0) is 18.4. The molecule has 1 aliphatic rings. The molecule has 0 bridgehead atoms. The largest absolute Gasteiger partial charge is 0.376 e. The fourth-order valence-corrected chi connectivity index (χ4v) is 3.22. The lowest BCUT2D eigenvalue weighted by atomic mass is 9.99. The van der Waals surface area contributed by atoms with Crippen molar-refractivity contribution < 1.29 is 24.1 Å². The molecule has 5 unspecified atom stereocenters. The van der Waals surface area contributed by atoms with E-state index in [4.69, 9.17) is 18.9 Å². The van der Waals surface area contributed by atoms with Gasteiger partial charge in [-0.3, -0.25) is 0 Å². The van der Waals surface area contributed by atoms with Crippen molar-refractivity contribution in [2.45, 2.75) is 50.8 Å². The van der Waals surface area contributed by atoms with Gasteiger partial charge in [-0.25, -0.2) is 0 Å². The first-order valence-electron chi connectivity index (χ1n) is 8.86. The Morgan fingerprint density at radius 3 is 1.81 bits per heavy atom. The second-order valence-electron chi connectivity index (χ2n) is 6.45. The average Bonchev–Trinajstić information content (AvgIpc) is 2.67. The molecular formula is C21H26O5. The molecule has 5 nitrogen and oxygen atoms in total. The van der Waals surface area contributed by atoms with Crippen LogP contribution in [-0.4, -0.2) is 42.9 Å². The van der Waals surface area contributed by atoms with E-state index in [1.807, 2.05) is 67.6 Å². The molecule has 2 aromatic rings. The van der Waals surface area contributed by atoms with Gasteiger partial charge in [0.15, 0.2) is 6.29 Å². The summed E-state index contributed by atoms with van der Waals surface area (Å²) in [6.45, 7) is 2.64. The van der Waals surface area contributed by atoms with Gasteiger partial charge in [0.25, 0.3) is 0 Å². The molecule has 0 amide bonds. The SMILES string of the molecule is COC1C(C)OC(O)C(OCc2ccccc2)C1OCc1ccccc1.